The molecule has 2 saturated carbocycles. The first kappa shape index (κ1) is 40.8. The molecule has 9 atom stereocenters. The fourth-order valence-corrected chi connectivity index (χ4v) is 17.5. The fourth-order valence-electron chi connectivity index (χ4n) is 10.7. The van der Waals surface area contributed by atoms with Gasteiger partial charge < -0.3 is 32.2 Å². The molecule has 0 aromatic heterocycles. The predicted octanol–water partition coefficient (Wildman–Crippen LogP) is 8.32. The number of carbonyl (C=O) groups excluding carboxylic acids is 3. The summed E-state index contributed by atoms with van der Waals surface area (Å²) in [5, 5.41) is 0. The van der Waals surface area contributed by atoms with Gasteiger partial charge in [0.15, 0.2) is 48.0 Å². The van der Waals surface area contributed by atoms with E-state index in [2.05, 4.69) is 82.0 Å². The van der Waals surface area contributed by atoms with Crippen LogP contribution in [0.4, 0.5) is 4.79 Å². The molecular formula is C38H66O10Si3. The van der Waals surface area contributed by atoms with E-state index >= 15 is 4.79 Å². The molecule has 2 heterocycles. The first-order valence-corrected chi connectivity index (χ1v) is 28.1. The van der Waals surface area contributed by atoms with Gasteiger partial charge >= 0.3 is 12.1 Å². The van der Waals surface area contributed by atoms with Crippen LogP contribution in [0.25, 0.3) is 0 Å². The summed E-state index contributed by atoms with van der Waals surface area (Å²) in [5.41, 5.74) is -2.93. The molecule has 10 nitrogen and oxygen atoms in total. The number of hydrogen-bond acceptors (Lipinski definition) is 10. The molecule has 13 heteroatoms. The highest BCUT2D eigenvalue weighted by molar-refractivity contribution is 6.74. The number of carbonyl (C=O) groups is 3. The lowest BCUT2D eigenvalue weighted by Crippen LogP contribution is -2.81. The second-order valence-corrected chi connectivity index (χ2v) is 31.6. The summed E-state index contributed by atoms with van der Waals surface area (Å²) in [6.45, 7) is 29.2. The van der Waals surface area contributed by atoms with E-state index < -0.39 is 95.5 Å². The Morgan fingerprint density at radius 1 is 0.863 bits per heavy atom. The average molecular weight is 767 g/mol. The third-order valence-corrected chi connectivity index (χ3v) is 24.4. The third kappa shape index (κ3) is 6.11. The van der Waals surface area contributed by atoms with Crippen LogP contribution in [0.1, 0.15) is 89.0 Å². The summed E-state index contributed by atoms with van der Waals surface area (Å²) < 4.78 is 47.6. The molecule has 51 heavy (non-hydrogen) atoms. The molecule has 0 N–H and O–H groups in total. The molecule has 0 aromatic rings. The molecule has 2 aliphatic heterocycles. The molecule has 0 aromatic carbocycles. The van der Waals surface area contributed by atoms with Crippen LogP contribution in [0.5, 0.6) is 0 Å². The van der Waals surface area contributed by atoms with Gasteiger partial charge in [0.25, 0.3) is 0 Å². The van der Waals surface area contributed by atoms with Gasteiger partial charge in [-0.1, -0.05) is 55.4 Å². The van der Waals surface area contributed by atoms with E-state index in [1.807, 2.05) is 6.92 Å². The zero-order valence-corrected chi connectivity index (χ0v) is 36.9. The van der Waals surface area contributed by atoms with E-state index in [9.17, 15) is 9.59 Å². The monoisotopic (exact) mass is 766 g/mol. The standard InChI is InChI=1S/C38H66O10Si3/c1-15-50(16-2,17-3)47-27-21-28-37(23-42-28,44-25(8)39)31-33-38(45-34(41)43-33)22-26(46-49(12,13)14)24(7)29(35(38,9)10)30(32(40)36(27,31)11)48-51(18-4,19-5)20-6/h26-28,30-31,33H,15-23H2,1-14H3/t26-,27-,28+,30+,31?,33-,36+,37-,38+/m0/s1. The zero-order valence-electron chi connectivity index (χ0n) is 33.9. The van der Waals surface area contributed by atoms with E-state index in [0.29, 0.717) is 12.8 Å². The van der Waals surface area contributed by atoms with Gasteiger partial charge in [0, 0.05) is 25.2 Å². The van der Waals surface area contributed by atoms with Crippen LogP contribution < -0.4 is 0 Å². The Balaban J connectivity index is 1.91. The highest BCUT2D eigenvalue weighted by Gasteiger charge is 2.81. The maximum absolute atomic E-state index is 16.3. The first-order chi connectivity index (χ1) is 23.7. The largest absolute Gasteiger partial charge is 0.509 e. The lowest BCUT2D eigenvalue weighted by molar-refractivity contribution is -0.335. The summed E-state index contributed by atoms with van der Waals surface area (Å²) in [5.74, 6) is -1.40. The van der Waals surface area contributed by atoms with Crippen LogP contribution in [-0.2, 0) is 41.8 Å². The molecule has 5 rings (SSSR count). The minimum absolute atomic E-state index is 0.0830. The van der Waals surface area contributed by atoms with Gasteiger partial charge in [0.05, 0.1) is 30.1 Å². The summed E-state index contributed by atoms with van der Waals surface area (Å²) in [6.07, 6.45) is -3.54. The van der Waals surface area contributed by atoms with Crippen molar-refractivity contribution in [1.82, 2.24) is 0 Å². The van der Waals surface area contributed by atoms with Gasteiger partial charge in [0.2, 0.25) is 0 Å². The first-order valence-electron chi connectivity index (χ1n) is 19.7. The number of fused-ring (bicyclic) bond motifs is 5. The Morgan fingerprint density at radius 3 is 1.88 bits per heavy atom. The number of hydrogen-bond donors (Lipinski definition) is 0. The van der Waals surface area contributed by atoms with Crippen molar-refractivity contribution in [3.63, 3.8) is 0 Å². The van der Waals surface area contributed by atoms with Crippen molar-refractivity contribution in [3.05, 3.63) is 11.1 Å². The highest BCUT2D eigenvalue weighted by Crippen LogP contribution is 2.67. The molecule has 4 fully saturated rings. The van der Waals surface area contributed by atoms with Crippen LogP contribution >= 0.6 is 0 Å². The van der Waals surface area contributed by atoms with Crippen molar-refractivity contribution in [2.24, 2.45) is 16.7 Å². The normalized spacial score (nSPS) is 37.6. The minimum Gasteiger partial charge on any atom is -0.454 e. The van der Waals surface area contributed by atoms with Gasteiger partial charge in [-0.25, -0.2) is 4.79 Å². The van der Waals surface area contributed by atoms with Gasteiger partial charge in [-0.15, -0.1) is 0 Å². The lowest BCUT2D eigenvalue weighted by atomic mass is 9.45. The van der Waals surface area contributed by atoms with Crippen molar-refractivity contribution in [2.45, 2.75) is 187 Å². The maximum atomic E-state index is 16.3. The zero-order chi connectivity index (χ0) is 38.2. The molecule has 3 aliphatic carbocycles. The van der Waals surface area contributed by atoms with Gasteiger partial charge in [-0.2, -0.15) is 0 Å². The van der Waals surface area contributed by atoms with Crippen LogP contribution in [-0.4, -0.2) is 91.2 Å². The van der Waals surface area contributed by atoms with E-state index in [1.54, 1.807) is 0 Å². The fraction of sp³-hybridized carbons (Fsp3) is 0.868. The van der Waals surface area contributed by atoms with E-state index in [4.69, 9.17) is 32.2 Å². The van der Waals surface area contributed by atoms with Crippen LogP contribution in [0.3, 0.4) is 0 Å². The van der Waals surface area contributed by atoms with Crippen molar-refractivity contribution in [2.75, 3.05) is 6.61 Å². The molecule has 1 unspecified atom stereocenters. The molecule has 1 spiro atoms. The Hall–Kier alpha value is -1.36. The molecule has 290 valence electrons. The third-order valence-electron chi connectivity index (χ3n) is 14.2. The lowest BCUT2D eigenvalue weighted by Gasteiger charge is -2.67. The Labute approximate surface area is 309 Å². The molecule has 0 amide bonds. The van der Waals surface area contributed by atoms with Crippen molar-refractivity contribution >= 4 is 42.9 Å². The number of rotatable bonds is 13. The van der Waals surface area contributed by atoms with E-state index in [0.717, 1.165) is 47.4 Å². The maximum Gasteiger partial charge on any atom is 0.509 e. The summed E-state index contributed by atoms with van der Waals surface area (Å²) >= 11 is 0. The highest BCUT2D eigenvalue weighted by atomic mass is 28.4. The second-order valence-electron chi connectivity index (χ2n) is 17.7. The second kappa shape index (κ2) is 13.7. The molecule has 5 aliphatic rings. The van der Waals surface area contributed by atoms with Crippen molar-refractivity contribution in [3.8, 4) is 0 Å². The van der Waals surface area contributed by atoms with E-state index in [-0.39, 0.29) is 12.4 Å². The Kier molecular flexibility index (Phi) is 11.0. The van der Waals surface area contributed by atoms with Crippen molar-refractivity contribution in [1.29, 1.82) is 0 Å². The van der Waals surface area contributed by atoms with Crippen LogP contribution in [0, 0.1) is 16.7 Å². The van der Waals surface area contributed by atoms with Crippen LogP contribution in [0.2, 0.25) is 55.9 Å². The molecule has 0 radical (unpaired) electrons. The molecule has 2 bridgehead atoms. The van der Waals surface area contributed by atoms with Crippen LogP contribution in [0.15, 0.2) is 11.1 Å². The summed E-state index contributed by atoms with van der Waals surface area (Å²) in [4.78, 5) is 43.3. The molecular weight excluding hydrogens is 701 g/mol. The average Bonchev–Trinajstić information content (AvgIpc) is 3.38. The number of ether oxygens (including phenoxy) is 4. The number of Topliss-reactive ketones (excluding diaryl/α,β-unsaturated/α-hetero) is 1. The molecule has 2 saturated heterocycles. The quantitative estimate of drug-likeness (QED) is 0.103. The number of esters is 1. The van der Waals surface area contributed by atoms with Gasteiger partial charge in [-0.3, -0.25) is 9.59 Å². The van der Waals surface area contributed by atoms with Gasteiger partial charge in [-0.05, 0) is 80.9 Å². The smallest absolute Gasteiger partial charge is 0.454 e. The van der Waals surface area contributed by atoms with Gasteiger partial charge in [0.1, 0.15) is 12.2 Å². The van der Waals surface area contributed by atoms with E-state index in [1.165, 1.54) is 6.92 Å². The number of ketones is 1. The topological polar surface area (TPSA) is 116 Å². The Bertz CT molecular complexity index is 1400. The van der Waals surface area contributed by atoms with Crippen molar-refractivity contribution < 1.29 is 46.6 Å². The minimum atomic E-state index is -2.46. The Morgan fingerprint density at radius 2 is 1.41 bits per heavy atom. The SMILES string of the molecule is CC[Si](CC)(CC)O[C@H]1C(=O)[C@@]2(C)C([C@@H]3OC(=O)O[C@]34C[C@H](O[Si](C)(C)C)C(C)=C1C4(C)C)[C@]1(OC(C)=O)CO[C@@H]1C[C@@H]2O[Si](CC)(CC)CC. The predicted molar refractivity (Wildman–Crippen MR) is 203 cm³/mol. The summed E-state index contributed by atoms with van der Waals surface area (Å²) in [7, 11) is -6.96. The summed E-state index contributed by atoms with van der Waals surface area (Å²) in [6, 6.07) is 5.22.